The van der Waals surface area contributed by atoms with E-state index in [4.69, 9.17) is 0 Å². The number of sulfone groups is 1. The van der Waals surface area contributed by atoms with Gasteiger partial charge in [0.2, 0.25) is 0 Å². The van der Waals surface area contributed by atoms with Crippen LogP contribution >= 0.6 is 11.8 Å². The summed E-state index contributed by atoms with van der Waals surface area (Å²) in [5, 5.41) is 3.26. The van der Waals surface area contributed by atoms with Crippen LogP contribution in [0.2, 0.25) is 0 Å². The Morgan fingerprint density at radius 3 is 2.70 bits per heavy atom. The molecular weight excluding hydrogens is 297 g/mol. The average Bonchev–Trinajstić information content (AvgIpc) is 2.34. The molecule has 1 aromatic rings. The summed E-state index contributed by atoms with van der Waals surface area (Å²) in [7, 11) is -2.98. The summed E-state index contributed by atoms with van der Waals surface area (Å²) in [6, 6.07) is 4.86. The number of hydrogen-bond donors (Lipinski definition) is 1. The SMILES string of the molecule is CCCNC(C)c1c(F)cccc1SCCS(C)(=O)=O. The zero-order chi connectivity index (χ0) is 15.2. The Morgan fingerprint density at radius 1 is 1.40 bits per heavy atom. The summed E-state index contributed by atoms with van der Waals surface area (Å²) < 4.78 is 36.3. The van der Waals surface area contributed by atoms with E-state index in [9.17, 15) is 12.8 Å². The number of hydrogen-bond acceptors (Lipinski definition) is 4. The molecule has 6 heteroatoms. The number of halogens is 1. The molecule has 1 atom stereocenters. The van der Waals surface area contributed by atoms with Crippen molar-refractivity contribution in [1.82, 2.24) is 5.32 Å². The second kappa shape index (κ2) is 8.00. The molecule has 1 rings (SSSR count). The molecule has 0 spiro atoms. The quantitative estimate of drug-likeness (QED) is 0.748. The van der Waals surface area contributed by atoms with Crippen LogP contribution in [0.15, 0.2) is 23.1 Å². The van der Waals surface area contributed by atoms with Crippen molar-refractivity contribution in [2.24, 2.45) is 0 Å². The van der Waals surface area contributed by atoms with Crippen LogP contribution in [0.3, 0.4) is 0 Å². The lowest BCUT2D eigenvalue weighted by molar-refractivity contribution is 0.519. The van der Waals surface area contributed by atoms with Crippen LogP contribution < -0.4 is 5.32 Å². The van der Waals surface area contributed by atoms with Crippen LogP contribution in [-0.4, -0.2) is 32.7 Å². The van der Waals surface area contributed by atoms with Gasteiger partial charge < -0.3 is 5.32 Å². The summed E-state index contributed by atoms with van der Waals surface area (Å²) in [6.07, 6.45) is 2.20. The third-order valence-electron chi connectivity index (χ3n) is 2.86. The largest absolute Gasteiger partial charge is 0.310 e. The average molecular weight is 319 g/mol. The molecule has 114 valence electrons. The van der Waals surface area contributed by atoms with Gasteiger partial charge in [-0.05, 0) is 32.0 Å². The first-order valence-electron chi connectivity index (χ1n) is 6.67. The van der Waals surface area contributed by atoms with Gasteiger partial charge in [-0.2, -0.15) is 0 Å². The van der Waals surface area contributed by atoms with Crippen molar-refractivity contribution in [3.05, 3.63) is 29.6 Å². The zero-order valence-electron chi connectivity index (χ0n) is 12.1. The van der Waals surface area contributed by atoms with E-state index in [-0.39, 0.29) is 17.6 Å². The molecule has 0 saturated heterocycles. The number of rotatable bonds is 8. The zero-order valence-corrected chi connectivity index (χ0v) is 13.8. The van der Waals surface area contributed by atoms with Gasteiger partial charge in [0.25, 0.3) is 0 Å². The maximum atomic E-state index is 14.0. The third-order valence-corrected chi connectivity index (χ3v) is 5.14. The Kier molecular flexibility index (Phi) is 6.99. The summed E-state index contributed by atoms with van der Waals surface area (Å²) in [5.74, 6) is 0.297. The van der Waals surface area contributed by atoms with Crippen LogP contribution in [0.5, 0.6) is 0 Å². The molecule has 3 nitrogen and oxygen atoms in total. The molecule has 0 heterocycles. The molecular formula is C14H22FNO2S2. The van der Waals surface area contributed by atoms with Crippen LogP contribution in [0, 0.1) is 5.82 Å². The highest BCUT2D eigenvalue weighted by atomic mass is 32.2. The highest BCUT2D eigenvalue weighted by Crippen LogP contribution is 2.29. The third kappa shape index (κ3) is 5.81. The van der Waals surface area contributed by atoms with Crippen molar-refractivity contribution >= 4 is 21.6 Å². The second-order valence-electron chi connectivity index (χ2n) is 4.81. The van der Waals surface area contributed by atoms with Gasteiger partial charge in [0, 0.05) is 28.5 Å². The maximum Gasteiger partial charge on any atom is 0.148 e. The standard InChI is InChI=1S/C14H22FNO2S2/c1-4-8-16-11(2)14-12(15)6-5-7-13(14)19-9-10-20(3,17)18/h5-7,11,16H,4,8-10H2,1-3H3. The predicted molar refractivity (Wildman–Crippen MR) is 83.5 cm³/mol. The normalized spacial score (nSPS) is 13.4. The Hall–Kier alpha value is -0.590. The van der Waals surface area contributed by atoms with Gasteiger partial charge in [-0.3, -0.25) is 0 Å². The number of benzene rings is 1. The van der Waals surface area contributed by atoms with Gasteiger partial charge in [0.05, 0.1) is 5.75 Å². The monoisotopic (exact) mass is 319 g/mol. The minimum atomic E-state index is -2.98. The Labute approximate surface area is 125 Å². The lowest BCUT2D eigenvalue weighted by Gasteiger charge is -2.18. The van der Waals surface area contributed by atoms with Crippen LogP contribution in [0.25, 0.3) is 0 Å². The van der Waals surface area contributed by atoms with Crippen molar-refractivity contribution in [2.75, 3.05) is 24.3 Å². The van der Waals surface area contributed by atoms with Gasteiger partial charge in [0.15, 0.2) is 0 Å². The van der Waals surface area contributed by atoms with E-state index in [0.29, 0.717) is 11.3 Å². The smallest absolute Gasteiger partial charge is 0.148 e. The van der Waals surface area contributed by atoms with E-state index < -0.39 is 9.84 Å². The van der Waals surface area contributed by atoms with E-state index >= 15 is 0 Å². The van der Waals surface area contributed by atoms with Crippen LogP contribution in [-0.2, 0) is 9.84 Å². The minimum absolute atomic E-state index is 0.0862. The number of thioether (sulfide) groups is 1. The summed E-state index contributed by atoms with van der Waals surface area (Å²) in [5.41, 5.74) is 0.624. The fraction of sp³-hybridized carbons (Fsp3) is 0.571. The molecule has 1 unspecified atom stereocenters. The maximum absolute atomic E-state index is 14.0. The van der Waals surface area contributed by atoms with E-state index in [1.165, 1.54) is 24.1 Å². The molecule has 0 bridgehead atoms. The molecule has 0 amide bonds. The highest BCUT2D eigenvalue weighted by Gasteiger charge is 2.15. The van der Waals surface area contributed by atoms with Gasteiger partial charge in [-0.15, -0.1) is 11.8 Å². The van der Waals surface area contributed by atoms with Gasteiger partial charge in [-0.25, -0.2) is 12.8 Å². The molecule has 0 aliphatic carbocycles. The highest BCUT2D eigenvalue weighted by molar-refractivity contribution is 8.00. The van der Waals surface area contributed by atoms with Crippen molar-refractivity contribution in [3.8, 4) is 0 Å². The molecule has 0 aromatic heterocycles. The van der Waals surface area contributed by atoms with Gasteiger partial charge in [-0.1, -0.05) is 13.0 Å². The second-order valence-corrected chi connectivity index (χ2v) is 8.20. The molecule has 0 radical (unpaired) electrons. The predicted octanol–water partition coefficient (Wildman–Crippen LogP) is 3.02. The minimum Gasteiger partial charge on any atom is -0.310 e. The van der Waals surface area contributed by atoms with Crippen molar-refractivity contribution in [1.29, 1.82) is 0 Å². The molecule has 1 aromatic carbocycles. The van der Waals surface area contributed by atoms with E-state index in [1.807, 2.05) is 13.0 Å². The summed E-state index contributed by atoms with van der Waals surface area (Å²) in [6.45, 7) is 4.81. The van der Waals surface area contributed by atoms with Crippen molar-refractivity contribution in [2.45, 2.75) is 31.2 Å². The van der Waals surface area contributed by atoms with E-state index in [0.717, 1.165) is 17.9 Å². The van der Waals surface area contributed by atoms with E-state index in [1.54, 1.807) is 6.07 Å². The fourth-order valence-corrected chi connectivity index (χ4v) is 4.20. The molecule has 20 heavy (non-hydrogen) atoms. The van der Waals surface area contributed by atoms with Gasteiger partial charge in [0.1, 0.15) is 15.7 Å². The molecule has 0 aliphatic heterocycles. The topological polar surface area (TPSA) is 46.2 Å². The first-order valence-corrected chi connectivity index (χ1v) is 9.72. The van der Waals surface area contributed by atoms with Crippen LogP contribution in [0.4, 0.5) is 4.39 Å². The first kappa shape index (κ1) is 17.5. The Bertz CT molecular complexity index is 532. The van der Waals surface area contributed by atoms with Crippen molar-refractivity contribution in [3.63, 3.8) is 0 Å². The molecule has 0 fully saturated rings. The Balaban J connectivity index is 2.82. The summed E-state index contributed by atoms with van der Waals surface area (Å²) >= 11 is 1.39. The van der Waals surface area contributed by atoms with E-state index in [2.05, 4.69) is 12.2 Å². The molecule has 1 N–H and O–H groups in total. The lowest BCUT2D eigenvalue weighted by Crippen LogP contribution is -2.21. The fourth-order valence-electron chi connectivity index (χ4n) is 1.83. The van der Waals surface area contributed by atoms with Crippen LogP contribution in [0.1, 0.15) is 31.9 Å². The molecule has 0 aliphatic rings. The van der Waals surface area contributed by atoms with Gasteiger partial charge >= 0.3 is 0 Å². The van der Waals surface area contributed by atoms with Crippen molar-refractivity contribution < 1.29 is 12.8 Å². The Morgan fingerprint density at radius 2 is 2.10 bits per heavy atom. The first-order chi connectivity index (χ1) is 9.35. The summed E-state index contributed by atoms with van der Waals surface area (Å²) in [4.78, 5) is 0.810. The lowest BCUT2D eigenvalue weighted by atomic mass is 10.1. The molecule has 0 saturated carbocycles. The number of nitrogens with one attached hydrogen (secondary N) is 1.